The first kappa shape index (κ1) is 16.8. The number of carbonyl (C=O) groups excluding carboxylic acids is 1. The Balaban J connectivity index is 2.36. The van der Waals surface area contributed by atoms with Gasteiger partial charge in [-0.25, -0.2) is 4.79 Å². The van der Waals surface area contributed by atoms with Crippen LogP contribution in [0.2, 0.25) is 0 Å². The molecule has 0 spiro atoms. The van der Waals surface area contributed by atoms with E-state index in [2.05, 4.69) is 26.1 Å². The third-order valence-electron chi connectivity index (χ3n) is 3.95. The fourth-order valence-electron chi connectivity index (χ4n) is 2.12. The molecule has 1 heterocycles. The third-order valence-corrected chi connectivity index (χ3v) is 3.95. The van der Waals surface area contributed by atoms with E-state index in [0.717, 1.165) is 13.0 Å². The molecule has 2 N–H and O–H groups in total. The summed E-state index contributed by atoms with van der Waals surface area (Å²) in [5.41, 5.74) is 0. The third kappa shape index (κ3) is 5.77. The largest absolute Gasteiger partial charge is 0.480 e. The molecule has 0 radical (unpaired) electrons. The second-order valence-electron chi connectivity index (χ2n) is 5.92. The molecule has 1 fully saturated rings. The number of aliphatic carboxylic acids is 1. The Labute approximate surface area is 121 Å². The van der Waals surface area contributed by atoms with Crippen molar-refractivity contribution >= 4 is 12.0 Å². The van der Waals surface area contributed by atoms with Crippen LogP contribution in [0.25, 0.3) is 0 Å². The molecule has 1 aliphatic rings. The minimum atomic E-state index is -0.811. The Morgan fingerprint density at radius 1 is 1.15 bits per heavy atom. The number of carboxylic acid groups (broad SMARTS) is 1. The van der Waals surface area contributed by atoms with Gasteiger partial charge in [-0.05, 0) is 18.3 Å². The van der Waals surface area contributed by atoms with Gasteiger partial charge in [0.1, 0.15) is 0 Å². The number of rotatable bonds is 5. The van der Waals surface area contributed by atoms with Crippen LogP contribution in [0.1, 0.15) is 27.2 Å². The Hall–Kier alpha value is -1.30. The molecule has 0 aromatic rings. The lowest BCUT2D eigenvalue weighted by atomic mass is 9.98. The van der Waals surface area contributed by atoms with Gasteiger partial charge in [-0.3, -0.25) is 9.69 Å². The van der Waals surface area contributed by atoms with E-state index >= 15 is 0 Å². The number of urea groups is 1. The molecule has 1 unspecified atom stereocenters. The maximum Gasteiger partial charge on any atom is 0.317 e. The highest BCUT2D eigenvalue weighted by molar-refractivity contribution is 5.74. The highest BCUT2D eigenvalue weighted by Crippen LogP contribution is 2.08. The number of carboxylic acids is 1. The Morgan fingerprint density at radius 3 is 2.45 bits per heavy atom. The lowest BCUT2D eigenvalue weighted by Crippen LogP contribution is -2.44. The summed E-state index contributed by atoms with van der Waals surface area (Å²) in [6.07, 6.45) is 0.820. The van der Waals surface area contributed by atoms with Gasteiger partial charge in [0.25, 0.3) is 0 Å². The first-order valence-corrected chi connectivity index (χ1v) is 7.37. The number of hydrogen-bond donors (Lipinski definition) is 2. The fraction of sp³-hybridized carbons (Fsp3) is 0.857. The van der Waals surface area contributed by atoms with Gasteiger partial charge in [0.2, 0.25) is 0 Å². The molecule has 6 heteroatoms. The van der Waals surface area contributed by atoms with Gasteiger partial charge in [-0.15, -0.1) is 0 Å². The van der Waals surface area contributed by atoms with E-state index in [9.17, 15) is 9.59 Å². The zero-order chi connectivity index (χ0) is 15.1. The molecule has 1 saturated heterocycles. The standard InChI is InChI=1S/C14H27N3O3/c1-11(2)12(3)9-15-14(20)17-6-4-5-16(7-8-17)10-13(18)19/h11-12H,4-10H2,1-3H3,(H,15,20)(H,18,19). The Bertz CT molecular complexity index is 334. The van der Waals surface area contributed by atoms with E-state index in [1.807, 2.05) is 4.90 Å². The van der Waals surface area contributed by atoms with Gasteiger partial charge in [-0.1, -0.05) is 20.8 Å². The lowest BCUT2D eigenvalue weighted by molar-refractivity contribution is -0.138. The maximum atomic E-state index is 12.1. The summed E-state index contributed by atoms with van der Waals surface area (Å²) in [6, 6.07) is -0.0327. The minimum Gasteiger partial charge on any atom is -0.480 e. The second kappa shape index (κ2) is 8.09. The molecule has 1 aliphatic heterocycles. The van der Waals surface area contributed by atoms with Crippen molar-refractivity contribution in [3.05, 3.63) is 0 Å². The summed E-state index contributed by atoms with van der Waals surface area (Å²) >= 11 is 0. The maximum absolute atomic E-state index is 12.1. The van der Waals surface area contributed by atoms with Crippen molar-refractivity contribution in [2.45, 2.75) is 27.2 Å². The fourth-order valence-corrected chi connectivity index (χ4v) is 2.12. The van der Waals surface area contributed by atoms with Crippen molar-refractivity contribution in [1.82, 2.24) is 15.1 Å². The normalized spacial score (nSPS) is 18.7. The van der Waals surface area contributed by atoms with Crippen LogP contribution < -0.4 is 5.32 Å². The molecule has 0 aromatic heterocycles. The molecule has 0 saturated carbocycles. The molecule has 6 nitrogen and oxygen atoms in total. The molecular weight excluding hydrogens is 258 g/mol. The number of nitrogens with one attached hydrogen (secondary N) is 1. The molecule has 0 aromatic carbocycles. The molecule has 116 valence electrons. The van der Waals surface area contributed by atoms with Crippen molar-refractivity contribution in [2.24, 2.45) is 11.8 Å². The molecule has 0 aliphatic carbocycles. The van der Waals surface area contributed by atoms with E-state index in [1.54, 1.807) is 4.90 Å². The Kier molecular flexibility index (Phi) is 6.78. The highest BCUT2D eigenvalue weighted by Gasteiger charge is 2.20. The summed E-state index contributed by atoms with van der Waals surface area (Å²) in [7, 11) is 0. The topological polar surface area (TPSA) is 72.9 Å². The molecule has 1 rings (SSSR count). The number of nitrogens with zero attached hydrogens (tertiary/aromatic N) is 2. The van der Waals surface area contributed by atoms with E-state index in [1.165, 1.54) is 0 Å². The van der Waals surface area contributed by atoms with Gasteiger partial charge in [0.05, 0.1) is 6.54 Å². The van der Waals surface area contributed by atoms with E-state index in [4.69, 9.17) is 5.11 Å². The number of amides is 2. The van der Waals surface area contributed by atoms with Crippen molar-refractivity contribution in [3.63, 3.8) is 0 Å². The van der Waals surface area contributed by atoms with Gasteiger partial charge in [-0.2, -0.15) is 0 Å². The van der Waals surface area contributed by atoms with Crippen LogP contribution >= 0.6 is 0 Å². The first-order chi connectivity index (χ1) is 9.40. The average Bonchev–Trinajstić information content (AvgIpc) is 2.60. The quantitative estimate of drug-likeness (QED) is 0.793. The van der Waals surface area contributed by atoms with Crippen LogP contribution in [-0.4, -0.2) is 66.2 Å². The minimum absolute atomic E-state index is 0.0327. The molecule has 0 bridgehead atoms. The molecule has 20 heavy (non-hydrogen) atoms. The molecule has 1 atom stereocenters. The van der Waals surface area contributed by atoms with Gasteiger partial charge < -0.3 is 15.3 Å². The van der Waals surface area contributed by atoms with Crippen molar-refractivity contribution < 1.29 is 14.7 Å². The first-order valence-electron chi connectivity index (χ1n) is 7.37. The monoisotopic (exact) mass is 285 g/mol. The van der Waals surface area contributed by atoms with Crippen LogP contribution in [0.5, 0.6) is 0 Å². The average molecular weight is 285 g/mol. The van der Waals surface area contributed by atoms with Crippen LogP contribution in [0.4, 0.5) is 4.79 Å². The SMILES string of the molecule is CC(C)C(C)CNC(=O)N1CCCN(CC(=O)O)CC1. The van der Waals surface area contributed by atoms with E-state index in [0.29, 0.717) is 38.0 Å². The second-order valence-corrected chi connectivity index (χ2v) is 5.92. The van der Waals surface area contributed by atoms with Crippen LogP contribution in [0, 0.1) is 11.8 Å². The summed E-state index contributed by atoms with van der Waals surface area (Å²) in [6.45, 7) is 9.80. The van der Waals surface area contributed by atoms with Crippen molar-refractivity contribution in [1.29, 1.82) is 0 Å². The lowest BCUT2D eigenvalue weighted by Gasteiger charge is -2.23. The molecule has 2 amide bonds. The van der Waals surface area contributed by atoms with E-state index in [-0.39, 0.29) is 12.6 Å². The van der Waals surface area contributed by atoms with Gasteiger partial charge >= 0.3 is 12.0 Å². The van der Waals surface area contributed by atoms with Gasteiger partial charge in [0, 0.05) is 32.7 Å². The summed E-state index contributed by atoms with van der Waals surface area (Å²) < 4.78 is 0. The summed E-state index contributed by atoms with van der Waals surface area (Å²) in [5, 5.41) is 11.8. The van der Waals surface area contributed by atoms with Gasteiger partial charge in [0.15, 0.2) is 0 Å². The smallest absolute Gasteiger partial charge is 0.317 e. The number of hydrogen-bond acceptors (Lipinski definition) is 3. The molecular formula is C14H27N3O3. The summed E-state index contributed by atoms with van der Waals surface area (Å²) in [5.74, 6) is 0.189. The zero-order valence-electron chi connectivity index (χ0n) is 12.8. The summed E-state index contributed by atoms with van der Waals surface area (Å²) in [4.78, 5) is 26.5. The predicted molar refractivity (Wildman–Crippen MR) is 77.7 cm³/mol. The van der Waals surface area contributed by atoms with Crippen LogP contribution in [0.15, 0.2) is 0 Å². The van der Waals surface area contributed by atoms with Crippen molar-refractivity contribution in [3.8, 4) is 0 Å². The number of carbonyl (C=O) groups is 2. The highest BCUT2D eigenvalue weighted by atomic mass is 16.4. The van der Waals surface area contributed by atoms with E-state index < -0.39 is 5.97 Å². The van der Waals surface area contributed by atoms with Crippen LogP contribution in [-0.2, 0) is 4.79 Å². The zero-order valence-corrected chi connectivity index (χ0v) is 12.8. The van der Waals surface area contributed by atoms with Crippen molar-refractivity contribution in [2.75, 3.05) is 39.3 Å². The predicted octanol–water partition coefficient (Wildman–Crippen LogP) is 1.08. The van der Waals surface area contributed by atoms with Crippen LogP contribution in [0.3, 0.4) is 0 Å². The Morgan fingerprint density at radius 2 is 1.85 bits per heavy atom.